The predicted molar refractivity (Wildman–Crippen MR) is 96.3 cm³/mol. The summed E-state index contributed by atoms with van der Waals surface area (Å²) in [7, 11) is -3.64. The van der Waals surface area contributed by atoms with E-state index in [1.165, 1.54) is 4.31 Å². The molecule has 0 aliphatic carbocycles. The Morgan fingerprint density at radius 2 is 1.79 bits per heavy atom. The maximum absolute atomic E-state index is 13.2. The lowest BCUT2D eigenvalue weighted by Crippen LogP contribution is -2.50. The highest BCUT2D eigenvalue weighted by Crippen LogP contribution is 2.37. The van der Waals surface area contributed by atoms with E-state index in [9.17, 15) is 8.42 Å². The summed E-state index contributed by atoms with van der Waals surface area (Å²) in [6.45, 7) is 6.78. The second-order valence-corrected chi connectivity index (χ2v) is 8.30. The van der Waals surface area contributed by atoms with Gasteiger partial charge in [0.05, 0.1) is 35.0 Å². The van der Waals surface area contributed by atoms with E-state index < -0.39 is 10.0 Å². The lowest BCUT2D eigenvalue weighted by atomic mass is 10.0. The van der Waals surface area contributed by atoms with Gasteiger partial charge in [0.1, 0.15) is 5.75 Å². The van der Waals surface area contributed by atoms with E-state index >= 15 is 0 Å². The number of ether oxygens (including phenoxy) is 1. The van der Waals surface area contributed by atoms with Crippen molar-refractivity contribution in [1.82, 2.24) is 0 Å². The average molecular weight is 346 g/mol. The van der Waals surface area contributed by atoms with E-state index in [1.54, 1.807) is 24.3 Å². The van der Waals surface area contributed by atoms with Crippen LogP contribution in [0.5, 0.6) is 5.75 Å². The molecule has 0 spiro atoms. The standard InChI is InChI=1S/C18H22N2O3S/c1-4-23-14-9-11-15(12-10-14)24(21,22)20-13-18(2,3)19-16-7-5-6-8-17(16)20/h5-12,19H,4,13H2,1-3H3. The Labute approximate surface area is 143 Å². The fraction of sp³-hybridized carbons (Fsp3) is 0.333. The van der Waals surface area contributed by atoms with Gasteiger partial charge in [-0.1, -0.05) is 12.1 Å². The third-order valence-corrected chi connectivity index (χ3v) is 5.68. The summed E-state index contributed by atoms with van der Waals surface area (Å²) in [5.74, 6) is 0.664. The topological polar surface area (TPSA) is 58.6 Å². The molecule has 5 nitrogen and oxygen atoms in total. The zero-order valence-corrected chi connectivity index (χ0v) is 14.9. The van der Waals surface area contributed by atoms with Gasteiger partial charge in [-0.3, -0.25) is 4.31 Å². The van der Waals surface area contributed by atoms with Crippen LogP contribution in [0.15, 0.2) is 53.4 Å². The van der Waals surface area contributed by atoms with E-state index in [1.807, 2.05) is 45.0 Å². The molecule has 2 aromatic carbocycles. The molecule has 128 valence electrons. The summed E-state index contributed by atoms with van der Waals surface area (Å²) in [5.41, 5.74) is 1.14. The van der Waals surface area contributed by atoms with Gasteiger partial charge in [-0.15, -0.1) is 0 Å². The lowest BCUT2D eigenvalue weighted by Gasteiger charge is -2.41. The fourth-order valence-corrected chi connectivity index (χ4v) is 4.51. The number of hydrogen-bond acceptors (Lipinski definition) is 4. The van der Waals surface area contributed by atoms with Gasteiger partial charge in [-0.05, 0) is 57.2 Å². The van der Waals surface area contributed by atoms with Gasteiger partial charge in [-0.2, -0.15) is 0 Å². The minimum absolute atomic E-state index is 0.262. The molecule has 6 heteroatoms. The summed E-state index contributed by atoms with van der Waals surface area (Å²) in [5, 5.41) is 3.39. The van der Waals surface area contributed by atoms with Crippen LogP contribution in [0, 0.1) is 0 Å². The zero-order valence-electron chi connectivity index (χ0n) is 14.1. The number of nitrogens with one attached hydrogen (secondary N) is 1. The van der Waals surface area contributed by atoms with Crippen LogP contribution in [0.2, 0.25) is 0 Å². The Bertz CT molecular complexity index is 830. The first-order valence-electron chi connectivity index (χ1n) is 7.96. The van der Waals surface area contributed by atoms with Crippen LogP contribution in [0.25, 0.3) is 0 Å². The van der Waals surface area contributed by atoms with Gasteiger partial charge in [-0.25, -0.2) is 8.42 Å². The SMILES string of the molecule is CCOc1ccc(S(=O)(=O)N2CC(C)(C)Nc3ccccc32)cc1. The minimum atomic E-state index is -3.64. The molecular weight excluding hydrogens is 324 g/mol. The second kappa shape index (κ2) is 6.02. The first kappa shape index (κ1) is 16.6. The molecule has 0 atom stereocenters. The Morgan fingerprint density at radius 3 is 2.46 bits per heavy atom. The van der Waals surface area contributed by atoms with Crippen molar-refractivity contribution >= 4 is 21.4 Å². The largest absolute Gasteiger partial charge is 0.494 e. The molecule has 3 rings (SSSR count). The highest BCUT2D eigenvalue weighted by Gasteiger charge is 2.36. The van der Waals surface area contributed by atoms with E-state index in [0.29, 0.717) is 24.6 Å². The van der Waals surface area contributed by atoms with Crippen molar-refractivity contribution in [3.05, 3.63) is 48.5 Å². The average Bonchev–Trinajstić information content (AvgIpc) is 2.54. The van der Waals surface area contributed by atoms with Crippen LogP contribution >= 0.6 is 0 Å². The Morgan fingerprint density at radius 1 is 1.12 bits per heavy atom. The molecule has 0 saturated heterocycles. The van der Waals surface area contributed by atoms with Crippen molar-refractivity contribution in [1.29, 1.82) is 0 Å². The number of rotatable bonds is 4. The molecule has 1 aliphatic rings. The van der Waals surface area contributed by atoms with E-state index in [4.69, 9.17) is 4.74 Å². The number of sulfonamides is 1. The molecule has 0 saturated carbocycles. The van der Waals surface area contributed by atoms with Gasteiger partial charge in [0.2, 0.25) is 0 Å². The molecule has 0 aromatic heterocycles. The van der Waals surface area contributed by atoms with Gasteiger partial charge in [0.15, 0.2) is 0 Å². The smallest absolute Gasteiger partial charge is 0.264 e. The quantitative estimate of drug-likeness (QED) is 0.921. The molecule has 0 unspecified atom stereocenters. The van der Waals surface area contributed by atoms with Crippen LogP contribution in [0.3, 0.4) is 0 Å². The zero-order chi connectivity index (χ0) is 17.4. The summed E-state index contributed by atoms with van der Waals surface area (Å²) < 4.78 is 33.2. The maximum Gasteiger partial charge on any atom is 0.264 e. The summed E-state index contributed by atoms with van der Waals surface area (Å²) >= 11 is 0. The van der Waals surface area contributed by atoms with Crippen molar-refractivity contribution < 1.29 is 13.2 Å². The Kier molecular flexibility index (Phi) is 4.17. The third-order valence-electron chi connectivity index (χ3n) is 3.91. The van der Waals surface area contributed by atoms with E-state index in [0.717, 1.165) is 5.69 Å². The van der Waals surface area contributed by atoms with Gasteiger partial charge < -0.3 is 10.1 Å². The van der Waals surface area contributed by atoms with Crippen LogP contribution in [-0.4, -0.2) is 27.1 Å². The number of nitrogens with zero attached hydrogens (tertiary/aromatic N) is 1. The first-order chi connectivity index (χ1) is 11.3. The number of para-hydroxylation sites is 2. The molecule has 1 aliphatic heterocycles. The van der Waals surface area contributed by atoms with E-state index in [2.05, 4.69) is 5.32 Å². The monoisotopic (exact) mass is 346 g/mol. The van der Waals surface area contributed by atoms with Gasteiger partial charge >= 0.3 is 0 Å². The van der Waals surface area contributed by atoms with Crippen molar-refractivity contribution in [2.75, 3.05) is 22.8 Å². The van der Waals surface area contributed by atoms with Gasteiger partial charge in [0, 0.05) is 0 Å². The summed E-state index contributed by atoms with van der Waals surface area (Å²) in [4.78, 5) is 0.262. The van der Waals surface area contributed by atoms with Crippen molar-refractivity contribution in [2.24, 2.45) is 0 Å². The highest BCUT2D eigenvalue weighted by atomic mass is 32.2. The molecule has 1 heterocycles. The Balaban J connectivity index is 2.03. The normalized spacial score (nSPS) is 16.2. The number of anilines is 2. The number of hydrogen-bond donors (Lipinski definition) is 1. The number of benzene rings is 2. The second-order valence-electron chi connectivity index (χ2n) is 6.44. The van der Waals surface area contributed by atoms with Gasteiger partial charge in [0.25, 0.3) is 10.0 Å². The Hall–Kier alpha value is -2.21. The van der Waals surface area contributed by atoms with E-state index in [-0.39, 0.29) is 10.4 Å². The molecule has 0 amide bonds. The molecule has 24 heavy (non-hydrogen) atoms. The molecule has 2 aromatic rings. The minimum Gasteiger partial charge on any atom is -0.494 e. The molecule has 0 fully saturated rings. The number of fused-ring (bicyclic) bond motifs is 1. The highest BCUT2D eigenvalue weighted by molar-refractivity contribution is 7.92. The fourth-order valence-electron chi connectivity index (χ4n) is 2.86. The molecule has 1 N–H and O–H groups in total. The first-order valence-corrected chi connectivity index (χ1v) is 9.40. The van der Waals surface area contributed by atoms with Crippen molar-refractivity contribution in [2.45, 2.75) is 31.2 Å². The van der Waals surface area contributed by atoms with Crippen molar-refractivity contribution in [3.63, 3.8) is 0 Å². The third kappa shape index (κ3) is 3.06. The van der Waals surface area contributed by atoms with Crippen LogP contribution < -0.4 is 14.4 Å². The summed E-state index contributed by atoms with van der Waals surface area (Å²) in [6.07, 6.45) is 0. The lowest BCUT2D eigenvalue weighted by molar-refractivity contribution is 0.340. The predicted octanol–water partition coefficient (Wildman–Crippen LogP) is 3.48. The van der Waals surface area contributed by atoms with Crippen LogP contribution in [0.4, 0.5) is 11.4 Å². The summed E-state index contributed by atoms with van der Waals surface area (Å²) in [6, 6.07) is 14.0. The molecule has 0 bridgehead atoms. The maximum atomic E-state index is 13.2. The van der Waals surface area contributed by atoms with Crippen LogP contribution in [-0.2, 0) is 10.0 Å². The van der Waals surface area contributed by atoms with Crippen LogP contribution in [0.1, 0.15) is 20.8 Å². The molecule has 0 radical (unpaired) electrons. The van der Waals surface area contributed by atoms with Crippen molar-refractivity contribution in [3.8, 4) is 5.75 Å². The molecular formula is C18H22N2O3S.